The summed E-state index contributed by atoms with van der Waals surface area (Å²) in [6.45, 7) is 21.8. The summed E-state index contributed by atoms with van der Waals surface area (Å²) >= 11 is 0. The summed E-state index contributed by atoms with van der Waals surface area (Å²) in [5.74, 6) is -0.0236. The van der Waals surface area contributed by atoms with Crippen LogP contribution in [-0.2, 0) is 20.4 Å². The normalized spacial score (nSPS) is 18.4. The van der Waals surface area contributed by atoms with E-state index in [9.17, 15) is 19.6 Å². The van der Waals surface area contributed by atoms with Crippen LogP contribution in [0.5, 0.6) is 5.75 Å². The smallest absolute Gasteiger partial charge is 0.410 e. The van der Waals surface area contributed by atoms with E-state index in [4.69, 9.17) is 9.62 Å². The quantitative estimate of drug-likeness (QED) is 0.308. The lowest BCUT2D eigenvalue weighted by Crippen LogP contribution is -2.57. The largest absolute Gasteiger partial charge is 0.444 e. The Kier molecular flexibility index (Phi) is 8.78. The highest BCUT2D eigenvalue weighted by molar-refractivity contribution is 6.07. The number of piperazine rings is 1. The van der Waals surface area contributed by atoms with Crippen molar-refractivity contribution in [2.45, 2.75) is 105 Å². The van der Waals surface area contributed by atoms with Gasteiger partial charge in [0.15, 0.2) is 11.5 Å². The minimum atomic E-state index is -0.532. The van der Waals surface area contributed by atoms with Crippen LogP contribution in [0.2, 0.25) is 0 Å². The Morgan fingerprint density at radius 2 is 1.46 bits per heavy atom. The number of nitrogens with zero attached hydrogens (tertiary/aromatic N) is 3. The van der Waals surface area contributed by atoms with Crippen LogP contribution in [0.1, 0.15) is 104 Å². The van der Waals surface area contributed by atoms with Gasteiger partial charge in [0.25, 0.3) is 0 Å². The Morgan fingerprint density at radius 3 is 1.90 bits per heavy atom. The van der Waals surface area contributed by atoms with Crippen LogP contribution in [0.25, 0.3) is 0 Å². The molecule has 0 aliphatic carbocycles. The van der Waals surface area contributed by atoms with Gasteiger partial charge in [-0.15, -0.1) is 0 Å². The Balaban J connectivity index is 1.89. The predicted molar refractivity (Wildman–Crippen MR) is 152 cm³/mol. The molecule has 0 aromatic heterocycles. The zero-order chi connectivity index (χ0) is 29.5. The van der Waals surface area contributed by atoms with Crippen molar-refractivity contribution < 1.29 is 29.3 Å². The van der Waals surface area contributed by atoms with Gasteiger partial charge in [0.1, 0.15) is 5.60 Å². The number of anilines is 1. The van der Waals surface area contributed by atoms with E-state index in [1.54, 1.807) is 15.9 Å². The number of likely N-dealkylation sites (tertiary alicyclic amines) is 1. The average Bonchev–Trinajstić information content (AvgIpc) is 2.80. The van der Waals surface area contributed by atoms with E-state index in [1.807, 2.05) is 62.3 Å². The molecule has 0 bridgehead atoms. The fourth-order valence-electron chi connectivity index (χ4n) is 5.72. The van der Waals surface area contributed by atoms with Crippen LogP contribution in [0.15, 0.2) is 6.07 Å². The SMILES string of the molecule is CC(=O)c1cc(OO)c(C(C)(C)C)c(C(C)(C)C)c1N1CCN(C2CCN(C(=O)OC(C)(C)C)CC2)CC1=O. The Labute approximate surface area is 233 Å². The Morgan fingerprint density at radius 1 is 0.897 bits per heavy atom. The lowest BCUT2D eigenvalue weighted by atomic mass is 9.72. The number of carbonyl (C=O) groups excluding carboxylic acids is 3. The van der Waals surface area contributed by atoms with Gasteiger partial charge < -0.3 is 19.4 Å². The van der Waals surface area contributed by atoms with Crippen molar-refractivity contribution in [3.63, 3.8) is 0 Å². The first kappa shape index (κ1) is 30.9. The molecule has 2 heterocycles. The molecule has 1 aromatic carbocycles. The number of ketones is 1. The predicted octanol–water partition coefficient (Wildman–Crippen LogP) is 5.38. The van der Waals surface area contributed by atoms with Crippen LogP contribution in [0.4, 0.5) is 10.5 Å². The lowest BCUT2D eigenvalue weighted by molar-refractivity contribution is -0.139. The van der Waals surface area contributed by atoms with E-state index in [2.05, 4.69) is 4.90 Å². The molecule has 2 aliphatic rings. The van der Waals surface area contributed by atoms with Crippen molar-refractivity contribution in [1.29, 1.82) is 0 Å². The highest BCUT2D eigenvalue weighted by Crippen LogP contribution is 2.47. The molecule has 1 N–H and O–H groups in total. The minimum Gasteiger partial charge on any atom is -0.444 e. The monoisotopic (exact) mass is 545 g/mol. The van der Waals surface area contributed by atoms with Gasteiger partial charge in [-0.05, 0) is 63.0 Å². The molecule has 9 nitrogen and oxygen atoms in total. The number of rotatable bonds is 4. The first-order valence-electron chi connectivity index (χ1n) is 13.9. The molecule has 1 aromatic rings. The molecule has 2 amide bonds. The van der Waals surface area contributed by atoms with Crippen molar-refractivity contribution in [1.82, 2.24) is 9.80 Å². The molecule has 2 aliphatic heterocycles. The van der Waals surface area contributed by atoms with Gasteiger partial charge in [-0.1, -0.05) is 41.5 Å². The molecular formula is C30H47N3O6. The molecule has 0 unspecified atom stereocenters. The second-order valence-electron chi connectivity index (χ2n) is 13.9. The second-order valence-corrected chi connectivity index (χ2v) is 13.9. The summed E-state index contributed by atoms with van der Waals surface area (Å²) in [7, 11) is 0. The summed E-state index contributed by atoms with van der Waals surface area (Å²) in [4.78, 5) is 49.6. The molecule has 2 fully saturated rings. The summed E-state index contributed by atoms with van der Waals surface area (Å²) in [6.07, 6.45) is 1.25. The molecule has 9 heteroatoms. The molecule has 0 atom stereocenters. The topological polar surface area (TPSA) is 99.6 Å². The maximum atomic E-state index is 13.8. The van der Waals surface area contributed by atoms with Crippen molar-refractivity contribution in [2.75, 3.05) is 37.6 Å². The number of hydrogen-bond acceptors (Lipinski definition) is 7. The van der Waals surface area contributed by atoms with Gasteiger partial charge in [-0.3, -0.25) is 14.5 Å². The summed E-state index contributed by atoms with van der Waals surface area (Å²) in [5.41, 5.74) is 1.20. The number of piperidine rings is 1. The standard InChI is InChI=1S/C30H47N3O6/c1-19(34)21-17-22(39-37)24(28(2,3)4)25(29(5,6)7)26(21)33-16-15-32(18-23(33)35)20-11-13-31(14-12-20)27(36)38-30(8,9)10/h17,20,37H,11-16,18H2,1-10H3. The van der Waals surface area contributed by atoms with E-state index in [0.717, 1.165) is 24.0 Å². The molecule has 39 heavy (non-hydrogen) atoms. The molecule has 2 saturated heterocycles. The van der Waals surface area contributed by atoms with Gasteiger partial charge in [-0.2, -0.15) is 0 Å². The lowest BCUT2D eigenvalue weighted by Gasteiger charge is -2.44. The third-order valence-corrected chi connectivity index (χ3v) is 7.39. The zero-order valence-corrected chi connectivity index (χ0v) is 25.4. The Bertz CT molecular complexity index is 1100. The van der Waals surface area contributed by atoms with E-state index in [-0.39, 0.29) is 36.1 Å². The second kappa shape index (κ2) is 11.1. The first-order chi connectivity index (χ1) is 17.8. The van der Waals surface area contributed by atoms with Gasteiger partial charge in [-0.25, -0.2) is 10.1 Å². The van der Waals surface area contributed by atoms with Crippen molar-refractivity contribution in [3.8, 4) is 5.75 Å². The maximum Gasteiger partial charge on any atom is 0.410 e. The van der Waals surface area contributed by atoms with Crippen LogP contribution in [0.3, 0.4) is 0 Å². The maximum absolute atomic E-state index is 13.8. The third-order valence-electron chi connectivity index (χ3n) is 7.39. The minimum absolute atomic E-state index is 0.0682. The zero-order valence-electron chi connectivity index (χ0n) is 25.4. The number of ether oxygens (including phenoxy) is 1. The number of hydrogen-bond donors (Lipinski definition) is 1. The molecular weight excluding hydrogens is 498 g/mol. The molecule has 0 saturated carbocycles. The number of benzene rings is 1. The number of carbonyl (C=O) groups is 3. The van der Waals surface area contributed by atoms with Crippen LogP contribution in [-0.4, -0.2) is 77.2 Å². The fourth-order valence-corrected chi connectivity index (χ4v) is 5.72. The third kappa shape index (κ3) is 6.92. The van der Waals surface area contributed by atoms with E-state index < -0.39 is 16.4 Å². The highest BCUT2D eigenvalue weighted by Gasteiger charge is 2.40. The molecule has 3 rings (SSSR count). The van der Waals surface area contributed by atoms with Crippen LogP contribution >= 0.6 is 0 Å². The average molecular weight is 546 g/mol. The van der Waals surface area contributed by atoms with Crippen molar-refractivity contribution >= 4 is 23.5 Å². The van der Waals surface area contributed by atoms with Gasteiger partial charge >= 0.3 is 6.09 Å². The first-order valence-corrected chi connectivity index (χ1v) is 13.9. The van der Waals surface area contributed by atoms with Gasteiger partial charge in [0.05, 0.1) is 12.2 Å². The molecule has 0 spiro atoms. The van der Waals surface area contributed by atoms with Crippen molar-refractivity contribution in [2.24, 2.45) is 0 Å². The number of Topliss-reactive ketones (excluding diaryl/α,β-unsaturated/α-hetero) is 1. The van der Waals surface area contributed by atoms with Gasteiger partial charge in [0, 0.05) is 43.3 Å². The molecule has 218 valence electrons. The summed E-state index contributed by atoms with van der Waals surface area (Å²) < 4.78 is 5.52. The van der Waals surface area contributed by atoms with E-state index in [0.29, 0.717) is 37.4 Å². The highest BCUT2D eigenvalue weighted by atomic mass is 17.1. The molecule has 0 radical (unpaired) electrons. The van der Waals surface area contributed by atoms with Crippen molar-refractivity contribution in [3.05, 3.63) is 22.8 Å². The van der Waals surface area contributed by atoms with E-state index in [1.165, 1.54) is 6.92 Å². The van der Waals surface area contributed by atoms with E-state index >= 15 is 0 Å². The van der Waals surface area contributed by atoms with Crippen LogP contribution < -0.4 is 9.79 Å². The van der Waals surface area contributed by atoms with Gasteiger partial charge in [0.2, 0.25) is 5.91 Å². The van der Waals surface area contributed by atoms with Crippen LogP contribution in [0, 0.1) is 0 Å². The fraction of sp³-hybridized carbons (Fsp3) is 0.700. The number of amides is 2. The summed E-state index contributed by atoms with van der Waals surface area (Å²) in [5, 5.41) is 9.79. The summed E-state index contributed by atoms with van der Waals surface area (Å²) in [6, 6.07) is 1.76. The Hall–Kier alpha value is -2.65.